The maximum absolute atomic E-state index is 13.1. The summed E-state index contributed by atoms with van der Waals surface area (Å²) < 4.78 is 18.2. The molecule has 1 saturated heterocycles. The zero-order valence-electron chi connectivity index (χ0n) is 17.8. The van der Waals surface area contributed by atoms with E-state index in [0.717, 1.165) is 53.9 Å². The molecule has 32 heavy (non-hydrogen) atoms. The molecular formula is C23H25BrN4O4. The van der Waals surface area contributed by atoms with Crippen LogP contribution in [-0.2, 0) is 4.74 Å². The molecule has 1 amide bonds. The molecule has 3 aliphatic rings. The van der Waals surface area contributed by atoms with Crippen molar-refractivity contribution in [1.29, 1.82) is 0 Å². The van der Waals surface area contributed by atoms with Gasteiger partial charge in [0.15, 0.2) is 11.5 Å². The summed E-state index contributed by atoms with van der Waals surface area (Å²) in [5.41, 5.74) is 3.01. The molecule has 2 aromatic rings. The molecule has 0 saturated carbocycles. The van der Waals surface area contributed by atoms with Crippen LogP contribution >= 0.6 is 15.9 Å². The van der Waals surface area contributed by atoms with Gasteiger partial charge in [-0.25, -0.2) is 4.99 Å². The zero-order valence-corrected chi connectivity index (χ0v) is 19.4. The van der Waals surface area contributed by atoms with Gasteiger partial charge in [0.25, 0.3) is 5.91 Å². The lowest BCUT2D eigenvalue weighted by Crippen LogP contribution is -2.43. The van der Waals surface area contributed by atoms with Crippen molar-refractivity contribution in [3.8, 4) is 11.5 Å². The number of hydrogen-bond donors (Lipinski definition) is 2. The van der Waals surface area contributed by atoms with Crippen molar-refractivity contribution >= 4 is 39.6 Å². The molecule has 3 aliphatic heterocycles. The molecule has 168 valence electrons. The van der Waals surface area contributed by atoms with Gasteiger partial charge in [-0.15, -0.1) is 0 Å². The first-order chi connectivity index (χ1) is 15.6. The number of aliphatic imine (C=N–C) groups is 1. The first-order valence-corrected chi connectivity index (χ1v) is 11.5. The van der Waals surface area contributed by atoms with Crippen LogP contribution in [0.2, 0.25) is 0 Å². The third-order valence-corrected chi connectivity index (χ3v) is 6.37. The molecule has 0 radical (unpaired) electrons. The number of nitrogens with zero attached hydrogens (tertiary/aromatic N) is 2. The molecule has 8 nitrogen and oxygen atoms in total. The smallest absolute Gasteiger partial charge is 0.263 e. The molecule has 3 heterocycles. The third kappa shape index (κ3) is 4.07. The lowest BCUT2D eigenvalue weighted by Gasteiger charge is -2.38. The maximum atomic E-state index is 13.1. The highest BCUT2D eigenvalue weighted by Crippen LogP contribution is 2.44. The lowest BCUT2D eigenvalue weighted by molar-refractivity contribution is 0.0203. The normalized spacial score (nSPS) is 21.3. The number of methoxy groups -OCH3 is 1. The van der Waals surface area contributed by atoms with E-state index in [9.17, 15) is 4.79 Å². The Hall–Kier alpha value is -2.62. The van der Waals surface area contributed by atoms with E-state index in [-0.39, 0.29) is 18.2 Å². The monoisotopic (exact) mass is 500 g/mol. The Morgan fingerprint density at radius 2 is 2.19 bits per heavy atom. The molecule has 2 aromatic carbocycles. The number of carbonyl (C=O) groups is 1. The molecular weight excluding hydrogens is 476 g/mol. The summed E-state index contributed by atoms with van der Waals surface area (Å²) in [7, 11) is 1.62. The van der Waals surface area contributed by atoms with Gasteiger partial charge in [-0.2, -0.15) is 0 Å². The van der Waals surface area contributed by atoms with Gasteiger partial charge in [0, 0.05) is 34.9 Å². The van der Waals surface area contributed by atoms with Crippen molar-refractivity contribution in [2.45, 2.75) is 25.1 Å². The number of fused-ring (bicyclic) bond motifs is 4. The Bertz CT molecular complexity index is 1050. The predicted octanol–water partition coefficient (Wildman–Crippen LogP) is 3.85. The summed E-state index contributed by atoms with van der Waals surface area (Å²) in [4.78, 5) is 19.2. The van der Waals surface area contributed by atoms with Gasteiger partial charge in [-0.1, -0.05) is 15.9 Å². The molecule has 2 atom stereocenters. The van der Waals surface area contributed by atoms with Crippen molar-refractivity contribution in [2.75, 3.05) is 38.7 Å². The largest absolute Gasteiger partial charge is 0.493 e. The Labute approximate surface area is 195 Å². The van der Waals surface area contributed by atoms with Gasteiger partial charge in [0.2, 0.25) is 0 Å². The minimum absolute atomic E-state index is 0.0983. The lowest BCUT2D eigenvalue weighted by atomic mass is 10.0. The Balaban J connectivity index is 1.35. The standard InChI is InChI=1S/C23H25BrN4O4/c1-30-20-11-19-16(10-21(20)32-7-2-3-15-12-25-6-8-31-15)22-27-18-5-4-14(24)9-17(18)23(29)28(22)13-26-19/h4-5,9-11,13,15,22,25,27H,2-3,6-8,12H2,1H3. The molecule has 2 N–H and O–H groups in total. The topological polar surface area (TPSA) is 84.4 Å². The number of morpholine rings is 1. The number of halogens is 1. The summed E-state index contributed by atoms with van der Waals surface area (Å²) in [6, 6.07) is 9.42. The average Bonchev–Trinajstić information content (AvgIpc) is 2.82. The number of nitrogens with one attached hydrogen (secondary N) is 2. The van der Waals surface area contributed by atoms with Gasteiger partial charge in [0.1, 0.15) is 12.5 Å². The van der Waals surface area contributed by atoms with Crippen LogP contribution in [0.4, 0.5) is 11.4 Å². The van der Waals surface area contributed by atoms with Crippen LogP contribution in [0.5, 0.6) is 11.5 Å². The number of rotatable bonds is 6. The van der Waals surface area contributed by atoms with E-state index in [0.29, 0.717) is 23.7 Å². The average molecular weight is 501 g/mol. The maximum Gasteiger partial charge on any atom is 0.263 e. The van der Waals surface area contributed by atoms with Crippen LogP contribution in [-0.4, -0.2) is 56.7 Å². The fourth-order valence-electron chi connectivity index (χ4n) is 4.23. The number of ether oxygens (including phenoxy) is 3. The molecule has 0 aliphatic carbocycles. The van der Waals surface area contributed by atoms with Crippen LogP contribution in [0.15, 0.2) is 39.8 Å². The highest BCUT2D eigenvalue weighted by Gasteiger charge is 2.36. The first-order valence-electron chi connectivity index (χ1n) is 10.7. The fourth-order valence-corrected chi connectivity index (χ4v) is 4.59. The Morgan fingerprint density at radius 1 is 1.28 bits per heavy atom. The van der Waals surface area contributed by atoms with E-state index in [1.807, 2.05) is 30.3 Å². The van der Waals surface area contributed by atoms with Crippen molar-refractivity contribution in [3.63, 3.8) is 0 Å². The van der Waals surface area contributed by atoms with E-state index in [1.54, 1.807) is 18.3 Å². The summed E-state index contributed by atoms with van der Waals surface area (Å²) in [5.74, 6) is 1.16. The molecule has 5 rings (SSSR count). The Kier molecular flexibility index (Phi) is 6.03. The minimum atomic E-state index is -0.362. The highest BCUT2D eigenvalue weighted by molar-refractivity contribution is 9.10. The van der Waals surface area contributed by atoms with Crippen LogP contribution in [0, 0.1) is 0 Å². The fraction of sp³-hybridized carbons (Fsp3) is 0.391. The Morgan fingerprint density at radius 3 is 3.00 bits per heavy atom. The number of carbonyl (C=O) groups excluding carboxylic acids is 1. The van der Waals surface area contributed by atoms with Gasteiger partial charge >= 0.3 is 0 Å². The van der Waals surface area contributed by atoms with Crippen molar-refractivity contribution in [3.05, 3.63) is 45.9 Å². The van der Waals surface area contributed by atoms with E-state index in [4.69, 9.17) is 14.2 Å². The zero-order chi connectivity index (χ0) is 22.1. The number of amides is 1. The van der Waals surface area contributed by atoms with E-state index in [2.05, 4.69) is 31.6 Å². The molecule has 0 bridgehead atoms. The van der Waals surface area contributed by atoms with Crippen LogP contribution < -0.4 is 20.1 Å². The summed E-state index contributed by atoms with van der Waals surface area (Å²) in [5, 5.41) is 6.81. The second kappa shape index (κ2) is 9.09. The molecule has 1 fully saturated rings. The summed E-state index contributed by atoms with van der Waals surface area (Å²) >= 11 is 3.44. The van der Waals surface area contributed by atoms with Crippen LogP contribution in [0.1, 0.15) is 34.9 Å². The van der Waals surface area contributed by atoms with Crippen molar-refractivity contribution in [2.24, 2.45) is 4.99 Å². The third-order valence-electron chi connectivity index (χ3n) is 5.88. The highest BCUT2D eigenvalue weighted by atomic mass is 79.9. The predicted molar refractivity (Wildman–Crippen MR) is 125 cm³/mol. The first kappa shape index (κ1) is 21.2. The number of anilines is 1. The van der Waals surface area contributed by atoms with Crippen LogP contribution in [0.3, 0.4) is 0 Å². The molecule has 0 spiro atoms. The molecule has 0 aromatic heterocycles. The number of benzene rings is 2. The molecule has 9 heteroatoms. The SMILES string of the molecule is COc1cc2c(cc1OCCCC1CNCCO1)C1Nc3ccc(Br)cc3C(=O)N1C=N2. The number of hydrogen-bond acceptors (Lipinski definition) is 7. The van der Waals surface area contributed by atoms with Crippen molar-refractivity contribution < 1.29 is 19.0 Å². The van der Waals surface area contributed by atoms with Crippen LogP contribution in [0.25, 0.3) is 0 Å². The van der Waals surface area contributed by atoms with E-state index >= 15 is 0 Å². The molecule has 2 unspecified atom stereocenters. The van der Waals surface area contributed by atoms with Gasteiger partial charge in [-0.05, 0) is 37.1 Å². The van der Waals surface area contributed by atoms with Gasteiger partial charge in [-0.3, -0.25) is 9.69 Å². The van der Waals surface area contributed by atoms with E-state index < -0.39 is 0 Å². The second-order valence-corrected chi connectivity index (χ2v) is 8.86. The minimum Gasteiger partial charge on any atom is -0.493 e. The van der Waals surface area contributed by atoms with E-state index in [1.165, 1.54) is 0 Å². The van der Waals surface area contributed by atoms with Gasteiger partial charge < -0.3 is 24.8 Å². The quantitative estimate of drug-likeness (QED) is 0.586. The second-order valence-electron chi connectivity index (χ2n) is 7.94. The summed E-state index contributed by atoms with van der Waals surface area (Å²) in [6.07, 6.45) is 3.25. The van der Waals surface area contributed by atoms with Gasteiger partial charge in [0.05, 0.1) is 37.7 Å². The summed E-state index contributed by atoms with van der Waals surface area (Å²) in [6.45, 7) is 3.11. The van der Waals surface area contributed by atoms with Crippen molar-refractivity contribution in [1.82, 2.24) is 10.2 Å².